The molecule has 0 aliphatic heterocycles. The molecule has 0 unspecified atom stereocenters. The van der Waals surface area contributed by atoms with E-state index in [4.69, 9.17) is 0 Å². The summed E-state index contributed by atoms with van der Waals surface area (Å²) in [6.45, 7) is 4.42. The summed E-state index contributed by atoms with van der Waals surface area (Å²) in [5, 5.41) is -0.868. The van der Waals surface area contributed by atoms with E-state index in [1.165, 1.54) is 0 Å². The SMILES string of the molecule is B[C@](C)(CC)c1c(F)c(C)c(F)c(F)c1F. The van der Waals surface area contributed by atoms with Crippen LogP contribution in [0.1, 0.15) is 31.4 Å². The topological polar surface area (TPSA) is 0 Å². The molecule has 0 N–H and O–H groups in total. The number of rotatable bonds is 2. The smallest absolute Gasteiger partial charge is 0.195 e. The summed E-state index contributed by atoms with van der Waals surface area (Å²) in [6, 6.07) is 0. The van der Waals surface area contributed by atoms with Gasteiger partial charge in [0.1, 0.15) is 13.7 Å². The van der Waals surface area contributed by atoms with Crippen LogP contribution in [0.3, 0.4) is 0 Å². The van der Waals surface area contributed by atoms with E-state index >= 15 is 0 Å². The Hall–Kier alpha value is -0.995. The van der Waals surface area contributed by atoms with Crippen LogP contribution >= 0.6 is 0 Å². The lowest BCUT2D eigenvalue weighted by molar-refractivity contribution is 0.404. The molecule has 1 aromatic rings. The van der Waals surface area contributed by atoms with Gasteiger partial charge in [-0.25, -0.2) is 17.6 Å². The van der Waals surface area contributed by atoms with Crippen molar-refractivity contribution in [1.82, 2.24) is 0 Å². The van der Waals surface area contributed by atoms with Crippen LogP contribution in [-0.4, -0.2) is 7.85 Å². The minimum Gasteiger partial charge on any atom is -0.206 e. The van der Waals surface area contributed by atoms with Crippen molar-refractivity contribution in [3.63, 3.8) is 0 Å². The highest BCUT2D eigenvalue weighted by Gasteiger charge is 2.31. The summed E-state index contributed by atoms with van der Waals surface area (Å²) in [6.07, 6.45) is 0.422. The Balaban J connectivity index is 3.65. The molecule has 5 heteroatoms. The summed E-state index contributed by atoms with van der Waals surface area (Å²) >= 11 is 0. The molecule has 0 amide bonds. The Labute approximate surface area is 93.1 Å². The third-order valence-electron chi connectivity index (χ3n) is 3.04. The van der Waals surface area contributed by atoms with E-state index in [1.807, 2.05) is 0 Å². The number of hydrogen-bond acceptors (Lipinski definition) is 0. The zero-order valence-corrected chi connectivity index (χ0v) is 9.72. The van der Waals surface area contributed by atoms with Crippen LogP contribution in [0.4, 0.5) is 17.6 Å². The molecule has 16 heavy (non-hydrogen) atoms. The van der Waals surface area contributed by atoms with Gasteiger partial charge >= 0.3 is 0 Å². The van der Waals surface area contributed by atoms with E-state index < -0.39 is 34.1 Å². The van der Waals surface area contributed by atoms with Crippen molar-refractivity contribution < 1.29 is 17.6 Å². The monoisotopic (exact) mass is 232 g/mol. The summed E-state index contributed by atoms with van der Waals surface area (Å²) in [5.74, 6) is -5.48. The standard InChI is InChI=1S/C11H13BF4/c1-4-11(3,12)6-7(13)5(2)8(14)10(16)9(6)15/h4,12H2,1-3H3/t11-/m1/s1. The molecule has 0 aliphatic rings. The highest BCUT2D eigenvalue weighted by atomic mass is 19.2. The fourth-order valence-corrected chi connectivity index (χ4v) is 1.52. The third-order valence-corrected chi connectivity index (χ3v) is 3.04. The Morgan fingerprint density at radius 2 is 1.50 bits per heavy atom. The summed E-state index contributed by atoms with van der Waals surface area (Å²) in [5.41, 5.74) is -0.859. The second-order valence-corrected chi connectivity index (χ2v) is 4.49. The molecule has 0 saturated heterocycles. The molecule has 0 spiro atoms. The predicted octanol–water partition coefficient (Wildman–Crippen LogP) is 2.81. The van der Waals surface area contributed by atoms with Crippen LogP contribution in [0, 0.1) is 30.2 Å². The summed E-state index contributed by atoms with van der Waals surface area (Å²) in [4.78, 5) is 0. The van der Waals surface area contributed by atoms with Gasteiger partial charge in [0.05, 0.1) is 0 Å². The van der Waals surface area contributed by atoms with Gasteiger partial charge in [-0.2, -0.15) is 0 Å². The molecule has 0 heterocycles. The van der Waals surface area contributed by atoms with E-state index in [0.29, 0.717) is 6.42 Å². The second kappa shape index (κ2) is 4.11. The Kier molecular flexibility index (Phi) is 3.36. The molecule has 1 aromatic carbocycles. The van der Waals surface area contributed by atoms with Crippen molar-refractivity contribution in [3.05, 3.63) is 34.4 Å². The second-order valence-electron chi connectivity index (χ2n) is 4.49. The Morgan fingerprint density at radius 3 is 1.94 bits per heavy atom. The van der Waals surface area contributed by atoms with E-state index in [9.17, 15) is 17.6 Å². The van der Waals surface area contributed by atoms with Crippen LogP contribution in [0.25, 0.3) is 0 Å². The van der Waals surface area contributed by atoms with Crippen LogP contribution in [-0.2, 0) is 5.31 Å². The van der Waals surface area contributed by atoms with Crippen LogP contribution in [0.5, 0.6) is 0 Å². The molecule has 1 atom stereocenters. The average molecular weight is 232 g/mol. The minimum absolute atomic E-state index is 0.383. The zero-order chi connectivity index (χ0) is 12.7. The Bertz CT molecular complexity index is 397. The molecule has 1 rings (SSSR count). The third kappa shape index (κ3) is 1.83. The maximum atomic E-state index is 13.7. The molecule has 0 saturated carbocycles. The van der Waals surface area contributed by atoms with Gasteiger partial charge in [-0.3, -0.25) is 0 Å². The van der Waals surface area contributed by atoms with E-state index in [0.717, 1.165) is 6.92 Å². The predicted molar refractivity (Wildman–Crippen MR) is 57.2 cm³/mol. The number of hydrogen-bond donors (Lipinski definition) is 0. The van der Waals surface area contributed by atoms with Gasteiger partial charge in [-0.05, 0) is 12.2 Å². The van der Waals surface area contributed by atoms with Gasteiger partial charge in [-0.1, -0.05) is 20.3 Å². The molecular weight excluding hydrogens is 219 g/mol. The normalized spacial score (nSPS) is 14.9. The van der Waals surface area contributed by atoms with Crippen LogP contribution in [0.2, 0.25) is 0 Å². The van der Waals surface area contributed by atoms with Gasteiger partial charge in [0.25, 0.3) is 0 Å². The van der Waals surface area contributed by atoms with E-state index in [1.54, 1.807) is 21.7 Å². The molecule has 0 fully saturated rings. The maximum Gasteiger partial charge on any atom is 0.195 e. The number of halogens is 4. The molecule has 88 valence electrons. The first kappa shape index (κ1) is 13.1. The highest BCUT2D eigenvalue weighted by Crippen LogP contribution is 2.33. The van der Waals surface area contributed by atoms with Gasteiger partial charge in [0.15, 0.2) is 17.5 Å². The van der Waals surface area contributed by atoms with Gasteiger partial charge < -0.3 is 0 Å². The zero-order valence-electron chi connectivity index (χ0n) is 9.72. The van der Waals surface area contributed by atoms with Crippen molar-refractivity contribution in [2.24, 2.45) is 0 Å². The lowest BCUT2D eigenvalue weighted by atomic mass is 9.63. The first-order valence-corrected chi connectivity index (χ1v) is 5.07. The van der Waals surface area contributed by atoms with Crippen molar-refractivity contribution >= 4 is 7.85 Å². The quantitative estimate of drug-likeness (QED) is 0.318. The highest BCUT2D eigenvalue weighted by molar-refractivity contribution is 6.15. The number of benzene rings is 1. The summed E-state index contributed by atoms with van der Waals surface area (Å²) < 4.78 is 53.5. The maximum absolute atomic E-state index is 13.7. The van der Waals surface area contributed by atoms with E-state index in [2.05, 4.69) is 0 Å². The molecular formula is C11H13BF4. The average Bonchev–Trinajstić information content (AvgIpc) is 2.23. The fourth-order valence-electron chi connectivity index (χ4n) is 1.52. The van der Waals surface area contributed by atoms with Crippen molar-refractivity contribution in [1.29, 1.82) is 0 Å². The van der Waals surface area contributed by atoms with Gasteiger partial charge in [0.2, 0.25) is 0 Å². The van der Waals surface area contributed by atoms with Crippen LogP contribution in [0.15, 0.2) is 0 Å². The largest absolute Gasteiger partial charge is 0.206 e. The first-order valence-electron chi connectivity index (χ1n) is 5.07. The lowest BCUT2D eigenvalue weighted by Gasteiger charge is -2.25. The molecule has 0 aromatic heterocycles. The first-order chi connectivity index (χ1) is 7.24. The Morgan fingerprint density at radius 1 is 1.00 bits per heavy atom. The van der Waals surface area contributed by atoms with Gasteiger partial charge in [-0.15, -0.1) is 0 Å². The van der Waals surface area contributed by atoms with Crippen molar-refractivity contribution in [2.75, 3.05) is 0 Å². The summed E-state index contributed by atoms with van der Waals surface area (Å²) in [7, 11) is 1.59. The van der Waals surface area contributed by atoms with Gasteiger partial charge in [0, 0.05) is 11.1 Å². The lowest BCUT2D eigenvalue weighted by Crippen LogP contribution is -2.26. The fraction of sp³-hybridized carbons (Fsp3) is 0.455. The molecule has 0 bridgehead atoms. The molecule has 0 nitrogen and oxygen atoms in total. The van der Waals surface area contributed by atoms with E-state index in [-0.39, 0.29) is 5.56 Å². The minimum atomic E-state index is -1.60. The van der Waals surface area contributed by atoms with Crippen LogP contribution < -0.4 is 0 Å². The van der Waals surface area contributed by atoms with Crippen molar-refractivity contribution in [3.8, 4) is 0 Å². The van der Waals surface area contributed by atoms with Crippen molar-refractivity contribution in [2.45, 2.75) is 32.5 Å². The molecule has 0 aliphatic carbocycles. The molecule has 0 radical (unpaired) electrons.